The van der Waals surface area contributed by atoms with Crippen molar-refractivity contribution in [1.29, 1.82) is 0 Å². The molecule has 0 bridgehead atoms. The summed E-state index contributed by atoms with van der Waals surface area (Å²) >= 11 is 0. The van der Waals surface area contributed by atoms with Crippen molar-refractivity contribution in [3.8, 4) is 0 Å². The average Bonchev–Trinajstić information content (AvgIpc) is 1.83. The van der Waals surface area contributed by atoms with E-state index >= 15 is 0 Å². The number of carbonyl (C=O) groups is 2. The Kier molecular flexibility index (Phi) is 6.96. The number of esters is 1. The molecular weight excluding hydrogens is 140 g/mol. The molecule has 0 unspecified atom stereocenters. The topological polar surface area (TPSA) is 125 Å². The molecule has 0 rings (SSSR count). The summed E-state index contributed by atoms with van der Waals surface area (Å²) in [6.07, 6.45) is 0. The first-order valence-corrected chi connectivity index (χ1v) is 2.24. The number of hydrogen-bond donors (Lipinski definition) is 3. The van der Waals surface area contributed by atoms with Gasteiger partial charge in [-0.25, -0.2) is 4.79 Å². The Bertz CT molecular complexity index is 124. The SMILES string of the molecule is N.NCC(=O)OCC(=O)O. The molecule has 0 spiro atoms. The summed E-state index contributed by atoms with van der Waals surface area (Å²) in [5.41, 5.74) is 4.79. The minimum atomic E-state index is -1.18. The summed E-state index contributed by atoms with van der Waals surface area (Å²) in [5, 5.41) is 7.94. The molecule has 0 saturated carbocycles. The minimum absolute atomic E-state index is 0. The number of nitrogens with two attached hydrogens (primary N) is 1. The Labute approximate surface area is 57.5 Å². The summed E-state index contributed by atoms with van der Waals surface area (Å²) in [7, 11) is 0. The standard InChI is InChI=1S/C4H7NO4.H3N/c5-1-4(8)9-2-3(6)7;/h1-2,5H2,(H,6,7);1H3. The number of rotatable bonds is 3. The van der Waals surface area contributed by atoms with Crippen LogP contribution in [0.5, 0.6) is 0 Å². The van der Waals surface area contributed by atoms with E-state index < -0.39 is 18.5 Å². The molecule has 10 heavy (non-hydrogen) atoms. The molecule has 0 aliphatic carbocycles. The molecule has 0 saturated heterocycles. The fraction of sp³-hybridized carbons (Fsp3) is 0.500. The molecular formula is C4H10N2O4. The molecule has 6 N–H and O–H groups in total. The number of carboxylic acid groups (broad SMARTS) is 1. The van der Waals surface area contributed by atoms with Crippen molar-refractivity contribution < 1.29 is 19.4 Å². The minimum Gasteiger partial charge on any atom is -0.479 e. The van der Waals surface area contributed by atoms with Gasteiger partial charge in [0.25, 0.3) is 0 Å². The van der Waals surface area contributed by atoms with Crippen LogP contribution in [-0.4, -0.2) is 30.2 Å². The molecule has 0 aromatic heterocycles. The van der Waals surface area contributed by atoms with E-state index in [1.54, 1.807) is 0 Å². The lowest BCUT2D eigenvalue weighted by atomic mass is 10.7. The number of carbonyl (C=O) groups excluding carboxylic acids is 1. The second kappa shape index (κ2) is 5.99. The Balaban J connectivity index is 0. The van der Waals surface area contributed by atoms with Gasteiger partial charge in [0.15, 0.2) is 6.61 Å². The summed E-state index contributed by atoms with van der Waals surface area (Å²) < 4.78 is 4.09. The van der Waals surface area contributed by atoms with Crippen LogP contribution in [0.1, 0.15) is 0 Å². The van der Waals surface area contributed by atoms with Gasteiger partial charge in [-0.3, -0.25) is 4.79 Å². The molecule has 0 fully saturated rings. The van der Waals surface area contributed by atoms with Crippen LogP contribution in [0, 0.1) is 0 Å². The second-order valence-electron chi connectivity index (χ2n) is 1.26. The van der Waals surface area contributed by atoms with E-state index in [1.165, 1.54) is 0 Å². The molecule has 0 heterocycles. The third kappa shape index (κ3) is 6.86. The number of ether oxygens (including phenoxy) is 1. The van der Waals surface area contributed by atoms with Gasteiger partial charge in [0, 0.05) is 0 Å². The largest absolute Gasteiger partial charge is 0.479 e. The van der Waals surface area contributed by atoms with E-state index in [-0.39, 0.29) is 12.7 Å². The fourth-order valence-electron chi connectivity index (χ4n) is 0.201. The van der Waals surface area contributed by atoms with E-state index in [1.807, 2.05) is 0 Å². The van der Waals surface area contributed by atoms with Gasteiger partial charge >= 0.3 is 11.9 Å². The van der Waals surface area contributed by atoms with Gasteiger partial charge in [0.1, 0.15) is 0 Å². The molecule has 0 radical (unpaired) electrons. The molecule has 0 aromatic carbocycles. The summed E-state index contributed by atoms with van der Waals surface area (Å²) in [4.78, 5) is 19.8. The van der Waals surface area contributed by atoms with Crippen molar-refractivity contribution in [2.45, 2.75) is 0 Å². The molecule has 0 amide bonds. The van der Waals surface area contributed by atoms with Crippen LogP contribution in [0.2, 0.25) is 0 Å². The van der Waals surface area contributed by atoms with Gasteiger partial charge in [-0.05, 0) is 0 Å². The smallest absolute Gasteiger partial charge is 0.341 e. The van der Waals surface area contributed by atoms with Crippen molar-refractivity contribution in [3.63, 3.8) is 0 Å². The average molecular weight is 150 g/mol. The highest BCUT2D eigenvalue weighted by Crippen LogP contribution is 1.73. The molecule has 60 valence electrons. The second-order valence-corrected chi connectivity index (χ2v) is 1.26. The van der Waals surface area contributed by atoms with Gasteiger partial charge in [-0.1, -0.05) is 0 Å². The van der Waals surface area contributed by atoms with E-state index in [4.69, 9.17) is 10.8 Å². The van der Waals surface area contributed by atoms with Gasteiger partial charge in [0.05, 0.1) is 6.54 Å². The summed E-state index contributed by atoms with van der Waals surface area (Å²) in [6.45, 7) is -0.899. The zero-order valence-electron chi connectivity index (χ0n) is 5.37. The lowest BCUT2D eigenvalue weighted by Crippen LogP contribution is -2.20. The predicted molar refractivity (Wildman–Crippen MR) is 32.7 cm³/mol. The first kappa shape index (κ1) is 11.6. The zero-order valence-corrected chi connectivity index (χ0v) is 5.37. The first-order chi connectivity index (χ1) is 4.16. The molecule has 0 aromatic rings. The van der Waals surface area contributed by atoms with Gasteiger partial charge < -0.3 is 21.7 Å². The quantitative estimate of drug-likeness (QED) is 0.431. The number of hydrogen-bond acceptors (Lipinski definition) is 5. The van der Waals surface area contributed by atoms with Gasteiger partial charge in [0.2, 0.25) is 0 Å². The van der Waals surface area contributed by atoms with E-state index in [9.17, 15) is 9.59 Å². The van der Waals surface area contributed by atoms with Crippen LogP contribution in [-0.2, 0) is 14.3 Å². The lowest BCUT2D eigenvalue weighted by molar-refractivity contribution is -0.154. The van der Waals surface area contributed by atoms with Crippen LogP contribution in [0.25, 0.3) is 0 Å². The maximum Gasteiger partial charge on any atom is 0.341 e. The molecule has 0 aliphatic rings. The van der Waals surface area contributed by atoms with Crippen molar-refractivity contribution >= 4 is 11.9 Å². The molecule has 0 atom stereocenters. The Morgan fingerprint density at radius 1 is 1.50 bits per heavy atom. The predicted octanol–water partition coefficient (Wildman–Crippen LogP) is -1.27. The van der Waals surface area contributed by atoms with Gasteiger partial charge in [-0.2, -0.15) is 0 Å². The van der Waals surface area contributed by atoms with Gasteiger partial charge in [-0.15, -0.1) is 0 Å². The van der Waals surface area contributed by atoms with E-state index in [0.717, 1.165) is 0 Å². The first-order valence-electron chi connectivity index (χ1n) is 2.24. The van der Waals surface area contributed by atoms with E-state index in [0.29, 0.717) is 0 Å². The normalized spacial score (nSPS) is 7.70. The molecule has 6 heteroatoms. The molecule has 0 aliphatic heterocycles. The number of aliphatic carboxylic acids is 1. The van der Waals surface area contributed by atoms with Crippen LogP contribution in [0.4, 0.5) is 0 Å². The monoisotopic (exact) mass is 150 g/mol. The van der Waals surface area contributed by atoms with Crippen molar-refractivity contribution in [2.24, 2.45) is 5.73 Å². The third-order valence-electron chi connectivity index (χ3n) is 0.523. The lowest BCUT2D eigenvalue weighted by Gasteiger charge is -1.95. The van der Waals surface area contributed by atoms with Crippen LogP contribution >= 0.6 is 0 Å². The maximum atomic E-state index is 10.1. The van der Waals surface area contributed by atoms with Crippen molar-refractivity contribution in [2.75, 3.05) is 13.2 Å². The maximum absolute atomic E-state index is 10.1. The van der Waals surface area contributed by atoms with Crippen molar-refractivity contribution in [1.82, 2.24) is 6.15 Å². The third-order valence-corrected chi connectivity index (χ3v) is 0.523. The fourth-order valence-corrected chi connectivity index (χ4v) is 0.201. The number of carboxylic acids is 1. The highest BCUT2D eigenvalue weighted by atomic mass is 16.5. The Hall–Kier alpha value is -1.14. The summed E-state index contributed by atoms with van der Waals surface area (Å²) in [5.74, 6) is -1.89. The zero-order chi connectivity index (χ0) is 7.28. The molecule has 6 nitrogen and oxygen atoms in total. The van der Waals surface area contributed by atoms with Crippen LogP contribution < -0.4 is 11.9 Å². The Morgan fingerprint density at radius 2 is 2.00 bits per heavy atom. The van der Waals surface area contributed by atoms with Crippen molar-refractivity contribution in [3.05, 3.63) is 0 Å². The Morgan fingerprint density at radius 3 is 2.30 bits per heavy atom. The van der Waals surface area contributed by atoms with Crippen LogP contribution in [0.15, 0.2) is 0 Å². The van der Waals surface area contributed by atoms with E-state index in [2.05, 4.69) is 4.74 Å². The van der Waals surface area contributed by atoms with Crippen LogP contribution in [0.3, 0.4) is 0 Å². The highest BCUT2D eigenvalue weighted by molar-refractivity contribution is 5.76. The highest BCUT2D eigenvalue weighted by Gasteiger charge is 2.01. The summed E-state index contributed by atoms with van der Waals surface area (Å²) in [6, 6.07) is 0.